The van der Waals surface area contributed by atoms with Crippen molar-refractivity contribution in [1.29, 1.82) is 0 Å². The normalized spacial score (nSPS) is 14.3. The van der Waals surface area contributed by atoms with Crippen molar-refractivity contribution in [3.63, 3.8) is 0 Å². The zero-order valence-corrected chi connectivity index (χ0v) is 17.9. The zero-order valence-electron chi connectivity index (χ0n) is 15.6. The number of rotatable bonds is 5. The number of guanidine groups is 1. The molecule has 0 spiro atoms. The maximum atomic E-state index is 5.57. The number of halogens is 1. The molecule has 0 amide bonds. The Morgan fingerprint density at radius 2 is 1.96 bits per heavy atom. The molecule has 8 heteroatoms. The fourth-order valence-corrected chi connectivity index (χ4v) is 2.87. The molecular formula is C18H27IN6O. The number of nitrogens with one attached hydrogen (secondary N) is 2. The topological polar surface area (TPSA) is 78.6 Å². The molecule has 3 heterocycles. The van der Waals surface area contributed by atoms with Crippen LogP contribution in [0.5, 0.6) is 0 Å². The Hall–Kier alpha value is -1.84. The summed E-state index contributed by atoms with van der Waals surface area (Å²) in [5.41, 5.74) is 2.11. The van der Waals surface area contributed by atoms with Gasteiger partial charge in [0.1, 0.15) is 11.6 Å². The molecule has 1 saturated heterocycles. The third-order valence-electron chi connectivity index (χ3n) is 4.40. The highest BCUT2D eigenvalue weighted by Crippen LogP contribution is 2.18. The lowest BCUT2D eigenvalue weighted by Crippen LogP contribution is -2.36. The van der Waals surface area contributed by atoms with Gasteiger partial charge in [-0.05, 0) is 44.4 Å². The first-order chi connectivity index (χ1) is 12.2. The van der Waals surface area contributed by atoms with Gasteiger partial charge in [0.2, 0.25) is 5.89 Å². The highest BCUT2D eigenvalue weighted by Gasteiger charge is 2.13. The van der Waals surface area contributed by atoms with Gasteiger partial charge < -0.3 is 20.0 Å². The summed E-state index contributed by atoms with van der Waals surface area (Å²) in [5, 5.41) is 6.54. The van der Waals surface area contributed by atoms with Crippen LogP contribution < -0.4 is 15.5 Å². The van der Waals surface area contributed by atoms with Crippen molar-refractivity contribution in [2.45, 2.75) is 39.8 Å². The monoisotopic (exact) mass is 470 g/mol. The molecule has 0 bridgehead atoms. The van der Waals surface area contributed by atoms with Crippen molar-refractivity contribution in [2.24, 2.45) is 4.99 Å². The van der Waals surface area contributed by atoms with E-state index in [0.29, 0.717) is 24.9 Å². The van der Waals surface area contributed by atoms with Crippen LogP contribution in [0.1, 0.15) is 35.7 Å². The summed E-state index contributed by atoms with van der Waals surface area (Å²) in [6, 6.07) is 4.17. The fraction of sp³-hybridized carbons (Fsp3) is 0.500. The fourth-order valence-electron chi connectivity index (χ4n) is 2.87. The summed E-state index contributed by atoms with van der Waals surface area (Å²) < 4.78 is 5.57. The first-order valence-electron chi connectivity index (χ1n) is 8.73. The number of oxazole rings is 1. The van der Waals surface area contributed by atoms with Crippen molar-refractivity contribution in [2.75, 3.05) is 25.0 Å². The van der Waals surface area contributed by atoms with Gasteiger partial charge in [0.25, 0.3) is 0 Å². The Bertz CT molecular complexity index is 720. The molecule has 7 nitrogen and oxygen atoms in total. The van der Waals surface area contributed by atoms with Crippen LogP contribution in [0.2, 0.25) is 0 Å². The molecule has 1 fully saturated rings. The SMILES string of the molecule is CN=C(NCc1ccnc(N2CCCC2)c1)NCc1nc(C)c(C)o1.I. The van der Waals surface area contributed by atoms with Gasteiger partial charge in [0.05, 0.1) is 12.2 Å². The molecule has 2 aromatic rings. The predicted octanol–water partition coefficient (Wildman–Crippen LogP) is 2.77. The van der Waals surface area contributed by atoms with Crippen molar-refractivity contribution < 1.29 is 4.42 Å². The number of anilines is 1. The van der Waals surface area contributed by atoms with Crippen LogP contribution in [-0.2, 0) is 13.1 Å². The number of aliphatic imine (C=N–C) groups is 1. The Kier molecular flexibility index (Phi) is 7.67. The lowest BCUT2D eigenvalue weighted by Gasteiger charge is -2.17. The lowest BCUT2D eigenvalue weighted by molar-refractivity contribution is 0.463. The maximum absolute atomic E-state index is 5.57. The summed E-state index contributed by atoms with van der Waals surface area (Å²) in [6.45, 7) is 7.25. The molecule has 2 aromatic heterocycles. The molecule has 0 saturated carbocycles. The third-order valence-corrected chi connectivity index (χ3v) is 4.40. The highest BCUT2D eigenvalue weighted by atomic mass is 127. The number of aryl methyl sites for hydroxylation is 2. The molecular weight excluding hydrogens is 443 g/mol. The van der Waals surface area contributed by atoms with Gasteiger partial charge in [-0.3, -0.25) is 4.99 Å². The van der Waals surface area contributed by atoms with Crippen molar-refractivity contribution in [3.05, 3.63) is 41.2 Å². The van der Waals surface area contributed by atoms with E-state index in [1.54, 1.807) is 7.05 Å². The molecule has 26 heavy (non-hydrogen) atoms. The van der Waals surface area contributed by atoms with E-state index in [1.165, 1.54) is 18.4 Å². The van der Waals surface area contributed by atoms with Crippen LogP contribution >= 0.6 is 24.0 Å². The minimum atomic E-state index is 0. The Labute approximate surface area is 171 Å². The molecule has 142 valence electrons. The van der Waals surface area contributed by atoms with Crippen LogP contribution in [0.4, 0.5) is 5.82 Å². The number of aromatic nitrogens is 2. The summed E-state index contributed by atoms with van der Waals surface area (Å²) in [5.74, 6) is 3.29. The quantitative estimate of drug-likeness (QED) is 0.398. The minimum absolute atomic E-state index is 0. The molecule has 0 atom stereocenters. The molecule has 0 aliphatic carbocycles. The van der Waals surface area contributed by atoms with Gasteiger partial charge in [-0.2, -0.15) is 0 Å². The van der Waals surface area contributed by atoms with Crippen molar-refractivity contribution >= 4 is 35.8 Å². The van der Waals surface area contributed by atoms with Gasteiger partial charge in [-0.1, -0.05) is 0 Å². The summed E-state index contributed by atoms with van der Waals surface area (Å²) in [6.07, 6.45) is 4.38. The van der Waals surface area contributed by atoms with E-state index in [-0.39, 0.29) is 24.0 Å². The second-order valence-corrected chi connectivity index (χ2v) is 6.24. The lowest BCUT2D eigenvalue weighted by atomic mass is 10.2. The molecule has 2 N–H and O–H groups in total. The second kappa shape index (κ2) is 9.75. The number of hydrogen-bond acceptors (Lipinski definition) is 5. The Morgan fingerprint density at radius 3 is 2.62 bits per heavy atom. The standard InChI is InChI=1S/C18H26N6O.HI/c1-13-14(2)25-17(23-13)12-22-18(19-3)21-11-15-6-7-20-16(10-15)24-8-4-5-9-24;/h6-7,10H,4-5,8-9,11-12H2,1-3H3,(H2,19,21,22);1H. The Morgan fingerprint density at radius 1 is 1.23 bits per heavy atom. The molecule has 1 aliphatic rings. The first-order valence-corrected chi connectivity index (χ1v) is 8.73. The molecule has 0 aromatic carbocycles. The molecule has 0 radical (unpaired) electrons. The number of hydrogen-bond donors (Lipinski definition) is 2. The van der Waals surface area contributed by atoms with E-state index < -0.39 is 0 Å². The van der Waals surface area contributed by atoms with E-state index in [2.05, 4.69) is 36.6 Å². The van der Waals surface area contributed by atoms with E-state index >= 15 is 0 Å². The maximum Gasteiger partial charge on any atom is 0.214 e. The van der Waals surface area contributed by atoms with E-state index in [9.17, 15) is 0 Å². The van der Waals surface area contributed by atoms with E-state index in [1.807, 2.05) is 26.1 Å². The highest BCUT2D eigenvalue weighted by molar-refractivity contribution is 14.0. The average molecular weight is 470 g/mol. The smallest absolute Gasteiger partial charge is 0.214 e. The predicted molar refractivity (Wildman–Crippen MR) is 114 cm³/mol. The second-order valence-electron chi connectivity index (χ2n) is 6.24. The largest absolute Gasteiger partial charge is 0.444 e. The van der Waals surface area contributed by atoms with Crippen LogP contribution in [0.25, 0.3) is 0 Å². The molecule has 0 unspecified atom stereocenters. The molecule has 3 rings (SSSR count). The van der Waals surface area contributed by atoms with E-state index in [0.717, 1.165) is 30.4 Å². The van der Waals surface area contributed by atoms with Gasteiger partial charge >= 0.3 is 0 Å². The molecule has 1 aliphatic heterocycles. The van der Waals surface area contributed by atoms with Gasteiger partial charge in [0.15, 0.2) is 5.96 Å². The summed E-state index contributed by atoms with van der Waals surface area (Å²) in [4.78, 5) is 15.4. The van der Waals surface area contributed by atoms with Crippen molar-refractivity contribution in [3.8, 4) is 0 Å². The van der Waals surface area contributed by atoms with Gasteiger partial charge in [-0.15, -0.1) is 24.0 Å². The average Bonchev–Trinajstić information content (AvgIpc) is 3.26. The van der Waals surface area contributed by atoms with Crippen LogP contribution in [-0.4, -0.2) is 36.1 Å². The number of pyridine rings is 1. The summed E-state index contributed by atoms with van der Waals surface area (Å²) >= 11 is 0. The van der Waals surface area contributed by atoms with E-state index in [4.69, 9.17) is 4.42 Å². The van der Waals surface area contributed by atoms with Crippen LogP contribution in [0, 0.1) is 13.8 Å². The zero-order chi connectivity index (χ0) is 17.6. The minimum Gasteiger partial charge on any atom is -0.444 e. The van der Waals surface area contributed by atoms with Gasteiger partial charge in [0, 0.05) is 32.9 Å². The number of nitrogens with zero attached hydrogens (tertiary/aromatic N) is 4. The van der Waals surface area contributed by atoms with Crippen molar-refractivity contribution in [1.82, 2.24) is 20.6 Å². The summed E-state index contributed by atoms with van der Waals surface area (Å²) in [7, 11) is 1.75. The Balaban J connectivity index is 0.00000243. The van der Waals surface area contributed by atoms with Crippen LogP contribution in [0.3, 0.4) is 0 Å². The van der Waals surface area contributed by atoms with Crippen LogP contribution in [0.15, 0.2) is 27.7 Å². The third kappa shape index (κ3) is 5.33. The van der Waals surface area contributed by atoms with Gasteiger partial charge in [-0.25, -0.2) is 9.97 Å². The first kappa shape index (κ1) is 20.5.